The fraction of sp³-hybridized carbons (Fsp3) is 0.222. The third kappa shape index (κ3) is 6.09. The number of esters is 1. The van der Waals surface area contributed by atoms with Gasteiger partial charge in [0.1, 0.15) is 6.04 Å². The van der Waals surface area contributed by atoms with Gasteiger partial charge >= 0.3 is 5.97 Å². The van der Waals surface area contributed by atoms with Gasteiger partial charge in [0.25, 0.3) is 11.6 Å². The second-order valence-corrected chi connectivity index (χ2v) is 7.74. The molecule has 0 aromatic heterocycles. The first kappa shape index (κ1) is 22.0. The third-order valence-corrected chi connectivity index (χ3v) is 5.30. The average molecular weight is 421 g/mol. The molecule has 29 heavy (non-hydrogen) atoms. The monoisotopic (exact) mass is 421 g/mol. The van der Waals surface area contributed by atoms with Gasteiger partial charge in [-0.05, 0) is 38.1 Å². The van der Waals surface area contributed by atoms with E-state index in [9.17, 15) is 28.1 Å². The highest BCUT2D eigenvalue weighted by Gasteiger charge is 2.26. The Morgan fingerprint density at radius 2 is 1.62 bits per heavy atom. The summed E-state index contributed by atoms with van der Waals surface area (Å²) in [5, 5.41) is 13.1. The first-order chi connectivity index (χ1) is 13.6. The fourth-order valence-electron chi connectivity index (χ4n) is 2.19. The van der Waals surface area contributed by atoms with Gasteiger partial charge in [0.2, 0.25) is 10.0 Å². The van der Waals surface area contributed by atoms with E-state index < -0.39 is 39.0 Å². The predicted molar refractivity (Wildman–Crippen MR) is 104 cm³/mol. The molecule has 2 rings (SSSR count). The SMILES string of the molecule is CC(OC(=O)[C@H](C)NS(=O)(=O)c1ccccc1)C(=O)Nc1ccc([N+](=O)[O-])cc1. The normalized spacial score (nSPS) is 13.2. The van der Waals surface area contributed by atoms with Crippen molar-refractivity contribution < 1.29 is 27.7 Å². The van der Waals surface area contributed by atoms with Crippen LogP contribution in [0.1, 0.15) is 13.8 Å². The Morgan fingerprint density at radius 1 is 1.03 bits per heavy atom. The Kier molecular flexibility index (Phi) is 7.02. The van der Waals surface area contributed by atoms with Gasteiger partial charge < -0.3 is 10.1 Å². The molecule has 1 amide bonds. The lowest BCUT2D eigenvalue weighted by molar-refractivity contribution is -0.384. The van der Waals surface area contributed by atoms with Crippen molar-refractivity contribution in [2.24, 2.45) is 0 Å². The second-order valence-electron chi connectivity index (χ2n) is 6.03. The standard InChI is InChI=1S/C18H19N3O7S/c1-12(20-29(26,27)16-6-4-3-5-7-16)18(23)28-13(2)17(22)19-14-8-10-15(11-9-14)21(24)25/h3-13,20H,1-2H3,(H,19,22)/t12-,13?/m0/s1. The number of anilines is 1. The molecule has 2 aromatic carbocycles. The zero-order valence-electron chi connectivity index (χ0n) is 15.6. The van der Waals surface area contributed by atoms with Crippen molar-refractivity contribution in [3.05, 3.63) is 64.7 Å². The van der Waals surface area contributed by atoms with Crippen molar-refractivity contribution in [1.29, 1.82) is 0 Å². The quantitative estimate of drug-likeness (QED) is 0.376. The van der Waals surface area contributed by atoms with E-state index in [-0.39, 0.29) is 16.3 Å². The van der Waals surface area contributed by atoms with E-state index in [0.29, 0.717) is 0 Å². The summed E-state index contributed by atoms with van der Waals surface area (Å²) in [6.45, 7) is 2.61. The van der Waals surface area contributed by atoms with Gasteiger partial charge in [0, 0.05) is 17.8 Å². The van der Waals surface area contributed by atoms with Crippen LogP contribution in [-0.2, 0) is 24.3 Å². The molecule has 0 heterocycles. The highest BCUT2D eigenvalue weighted by Crippen LogP contribution is 2.16. The lowest BCUT2D eigenvalue weighted by Gasteiger charge is -2.17. The van der Waals surface area contributed by atoms with Crippen LogP contribution in [0.25, 0.3) is 0 Å². The molecule has 2 atom stereocenters. The van der Waals surface area contributed by atoms with Crippen molar-refractivity contribution in [3.8, 4) is 0 Å². The first-order valence-electron chi connectivity index (χ1n) is 8.43. The number of nitro groups is 1. The number of nitro benzene ring substituents is 1. The van der Waals surface area contributed by atoms with E-state index in [1.807, 2.05) is 0 Å². The Labute approximate surface area is 167 Å². The molecular formula is C18H19N3O7S. The highest BCUT2D eigenvalue weighted by molar-refractivity contribution is 7.89. The molecule has 154 valence electrons. The molecule has 11 heteroatoms. The zero-order chi connectivity index (χ0) is 21.6. The molecule has 0 spiro atoms. The molecule has 10 nitrogen and oxygen atoms in total. The molecule has 0 saturated carbocycles. The predicted octanol–water partition coefficient (Wildman–Crippen LogP) is 1.83. The molecule has 0 aliphatic carbocycles. The number of nitrogens with one attached hydrogen (secondary N) is 2. The fourth-order valence-corrected chi connectivity index (χ4v) is 3.40. The molecule has 0 bridgehead atoms. The van der Waals surface area contributed by atoms with Crippen LogP contribution in [0.15, 0.2) is 59.5 Å². The van der Waals surface area contributed by atoms with Gasteiger partial charge in [-0.2, -0.15) is 4.72 Å². The molecule has 0 aliphatic heterocycles. The second kappa shape index (κ2) is 9.26. The number of sulfonamides is 1. The first-order valence-corrected chi connectivity index (χ1v) is 9.91. The molecular weight excluding hydrogens is 402 g/mol. The lowest BCUT2D eigenvalue weighted by Crippen LogP contribution is -2.42. The summed E-state index contributed by atoms with van der Waals surface area (Å²) >= 11 is 0. The van der Waals surface area contributed by atoms with Crippen molar-refractivity contribution >= 4 is 33.3 Å². The number of non-ortho nitro benzene ring substituents is 1. The Hall–Kier alpha value is -3.31. The number of rotatable bonds is 8. The van der Waals surface area contributed by atoms with Gasteiger partial charge in [0.05, 0.1) is 9.82 Å². The lowest BCUT2D eigenvalue weighted by atomic mass is 10.2. The van der Waals surface area contributed by atoms with E-state index in [1.54, 1.807) is 18.2 Å². The summed E-state index contributed by atoms with van der Waals surface area (Å²) in [7, 11) is -3.93. The van der Waals surface area contributed by atoms with Crippen molar-refractivity contribution in [2.75, 3.05) is 5.32 Å². The molecule has 2 aromatic rings. The molecule has 0 radical (unpaired) electrons. The van der Waals surface area contributed by atoms with Gasteiger partial charge in [-0.15, -0.1) is 0 Å². The number of nitrogens with zero attached hydrogens (tertiary/aromatic N) is 1. The van der Waals surface area contributed by atoms with Gasteiger partial charge in [-0.25, -0.2) is 8.42 Å². The van der Waals surface area contributed by atoms with Crippen molar-refractivity contribution in [2.45, 2.75) is 30.9 Å². The summed E-state index contributed by atoms with van der Waals surface area (Å²) in [5.41, 5.74) is 0.142. The number of hydrogen-bond donors (Lipinski definition) is 2. The van der Waals surface area contributed by atoms with Crippen LogP contribution < -0.4 is 10.0 Å². The van der Waals surface area contributed by atoms with Gasteiger partial charge in [0.15, 0.2) is 6.10 Å². The van der Waals surface area contributed by atoms with Crippen LogP contribution >= 0.6 is 0 Å². The topological polar surface area (TPSA) is 145 Å². The van der Waals surface area contributed by atoms with E-state index in [2.05, 4.69) is 10.0 Å². The van der Waals surface area contributed by atoms with Crippen molar-refractivity contribution in [3.63, 3.8) is 0 Å². The van der Waals surface area contributed by atoms with Gasteiger partial charge in [-0.1, -0.05) is 18.2 Å². The van der Waals surface area contributed by atoms with E-state index in [0.717, 1.165) is 0 Å². The summed E-state index contributed by atoms with van der Waals surface area (Å²) in [5.74, 6) is -1.61. The minimum absolute atomic E-state index is 0.0105. The van der Waals surface area contributed by atoms with Crippen LogP contribution in [0.2, 0.25) is 0 Å². The zero-order valence-corrected chi connectivity index (χ0v) is 16.4. The smallest absolute Gasteiger partial charge is 0.324 e. The number of amides is 1. The maximum absolute atomic E-state index is 12.2. The number of ether oxygens (including phenoxy) is 1. The van der Waals surface area contributed by atoms with Crippen LogP contribution in [-0.4, -0.2) is 37.4 Å². The number of hydrogen-bond acceptors (Lipinski definition) is 7. The maximum atomic E-state index is 12.2. The van der Waals surface area contributed by atoms with Crippen LogP contribution in [0.4, 0.5) is 11.4 Å². The number of carbonyl (C=O) groups is 2. The summed E-state index contributed by atoms with van der Waals surface area (Å²) in [6, 6.07) is 11.4. The van der Waals surface area contributed by atoms with Crippen LogP contribution in [0.3, 0.4) is 0 Å². The Morgan fingerprint density at radius 3 is 2.17 bits per heavy atom. The molecule has 0 fully saturated rings. The minimum atomic E-state index is -3.93. The molecule has 1 unspecified atom stereocenters. The van der Waals surface area contributed by atoms with Crippen LogP contribution in [0.5, 0.6) is 0 Å². The highest BCUT2D eigenvalue weighted by atomic mass is 32.2. The maximum Gasteiger partial charge on any atom is 0.324 e. The number of benzene rings is 2. The van der Waals surface area contributed by atoms with Crippen molar-refractivity contribution in [1.82, 2.24) is 4.72 Å². The molecule has 0 aliphatic rings. The Balaban J connectivity index is 1.93. The summed E-state index contributed by atoms with van der Waals surface area (Å²) in [4.78, 5) is 34.3. The summed E-state index contributed by atoms with van der Waals surface area (Å²) < 4.78 is 31.7. The largest absolute Gasteiger partial charge is 0.451 e. The van der Waals surface area contributed by atoms with E-state index in [4.69, 9.17) is 4.74 Å². The van der Waals surface area contributed by atoms with Gasteiger partial charge in [-0.3, -0.25) is 19.7 Å². The average Bonchev–Trinajstić information content (AvgIpc) is 2.68. The minimum Gasteiger partial charge on any atom is -0.451 e. The molecule has 0 saturated heterocycles. The van der Waals surface area contributed by atoms with E-state index in [1.165, 1.54) is 50.2 Å². The molecule has 2 N–H and O–H groups in total. The van der Waals surface area contributed by atoms with E-state index >= 15 is 0 Å². The number of carbonyl (C=O) groups excluding carboxylic acids is 2. The third-order valence-electron chi connectivity index (χ3n) is 3.75. The summed E-state index contributed by atoms with van der Waals surface area (Å²) in [6.07, 6.45) is -1.22. The van der Waals surface area contributed by atoms with Crippen LogP contribution in [0, 0.1) is 10.1 Å². The Bertz CT molecular complexity index is 992.